The van der Waals surface area contributed by atoms with Crippen molar-refractivity contribution < 1.29 is 4.74 Å². The molecular formula is C15H19N3O. The van der Waals surface area contributed by atoms with Gasteiger partial charge in [-0.1, -0.05) is 12.1 Å². The normalized spacial score (nSPS) is 21.6. The van der Waals surface area contributed by atoms with Crippen LogP contribution < -0.4 is 15.4 Å². The Morgan fingerprint density at radius 1 is 1.42 bits per heavy atom. The molecule has 0 spiro atoms. The van der Waals surface area contributed by atoms with Crippen molar-refractivity contribution in [3.8, 4) is 11.8 Å². The first kappa shape index (κ1) is 12.3. The molecule has 4 heteroatoms. The second kappa shape index (κ2) is 4.75. The second-order valence-electron chi connectivity index (χ2n) is 5.52. The van der Waals surface area contributed by atoms with Gasteiger partial charge < -0.3 is 15.4 Å². The van der Waals surface area contributed by atoms with Crippen LogP contribution in [0.1, 0.15) is 19.3 Å². The van der Waals surface area contributed by atoms with Gasteiger partial charge in [0.2, 0.25) is 0 Å². The molecule has 1 saturated carbocycles. The zero-order valence-corrected chi connectivity index (χ0v) is 11.0. The topological polar surface area (TPSA) is 62.3 Å². The van der Waals surface area contributed by atoms with Gasteiger partial charge >= 0.3 is 0 Å². The molecule has 1 aliphatic carbocycles. The lowest BCUT2D eigenvalue weighted by atomic mass is 9.95. The fraction of sp³-hybridized carbons (Fsp3) is 0.533. The Morgan fingerprint density at radius 3 is 2.95 bits per heavy atom. The van der Waals surface area contributed by atoms with E-state index in [2.05, 4.69) is 11.0 Å². The molecular weight excluding hydrogens is 238 g/mol. The molecule has 1 aliphatic heterocycles. The number of para-hydroxylation sites is 2. The fourth-order valence-corrected chi connectivity index (χ4v) is 2.73. The molecule has 1 fully saturated rings. The van der Waals surface area contributed by atoms with Crippen LogP contribution in [0.4, 0.5) is 5.69 Å². The molecule has 2 N–H and O–H groups in total. The number of nitrogens with two attached hydrogens (primary N) is 1. The van der Waals surface area contributed by atoms with Crippen LogP contribution in [0.25, 0.3) is 0 Å². The van der Waals surface area contributed by atoms with E-state index in [1.807, 2.05) is 24.3 Å². The maximum Gasteiger partial charge on any atom is 0.142 e. The van der Waals surface area contributed by atoms with E-state index in [1.165, 1.54) is 0 Å². The van der Waals surface area contributed by atoms with Crippen molar-refractivity contribution in [3.05, 3.63) is 24.3 Å². The Bertz CT molecular complexity index is 506. The predicted molar refractivity (Wildman–Crippen MR) is 74.0 cm³/mol. The molecule has 2 aliphatic rings. The minimum atomic E-state index is -0.725. The summed E-state index contributed by atoms with van der Waals surface area (Å²) in [7, 11) is 0. The lowest BCUT2D eigenvalue weighted by Gasteiger charge is -2.31. The zero-order chi connectivity index (χ0) is 13.3. The third-order valence-electron chi connectivity index (χ3n) is 4.00. The molecule has 1 unspecified atom stereocenters. The van der Waals surface area contributed by atoms with E-state index in [1.54, 1.807) is 0 Å². The number of nitrogens with zero attached hydrogens (tertiary/aromatic N) is 2. The lowest BCUT2D eigenvalue weighted by Crippen LogP contribution is -2.51. The van der Waals surface area contributed by atoms with Gasteiger partial charge in [0.15, 0.2) is 0 Å². The predicted octanol–water partition coefficient (Wildman–Crippen LogP) is 1.91. The second-order valence-corrected chi connectivity index (χ2v) is 5.52. The van der Waals surface area contributed by atoms with Crippen LogP contribution in [0, 0.1) is 17.2 Å². The van der Waals surface area contributed by atoms with Crippen LogP contribution >= 0.6 is 0 Å². The molecule has 4 nitrogen and oxygen atoms in total. The summed E-state index contributed by atoms with van der Waals surface area (Å²) >= 11 is 0. The average molecular weight is 257 g/mol. The van der Waals surface area contributed by atoms with Crippen LogP contribution in [-0.4, -0.2) is 25.2 Å². The highest BCUT2D eigenvalue weighted by Gasteiger charge is 2.44. The molecule has 1 aromatic carbocycles. The van der Waals surface area contributed by atoms with E-state index in [-0.39, 0.29) is 0 Å². The van der Waals surface area contributed by atoms with Gasteiger partial charge in [0, 0.05) is 13.1 Å². The van der Waals surface area contributed by atoms with Crippen molar-refractivity contribution in [2.24, 2.45) is 11.7 Å². The quantitative estimate of drug-likeness (QED) is 0.898. The van der Waals surface area contributed by atoms with Gasteiger partial charge in [-0.25, -0.2) is 0 Å². The van der Waals surface area contributed by atoms with Gasteiger partial charge in [-0.15, -0.1) is 0 Å². The molecule has 3 rings (SSSR count). The Kier molecular flexibility index (Phi) is 3.08. The molecule has 1 heterocycles. The van der Waals surface area contributed by atoms with E-state index >= 15 is 0 Å². The highest BCUT2D eigenvalue weighted by atomic mass is 16.5. The molecule has 19 heavy (non-hydrogen) atoms. The molecule has 100 valence electrons. The van der Waals surface area contributed by atoms with Gasteiger partial charge in [-0.2, -0.15) is 5.26 Å². The molecule has 0 saturated heterocycles. The number of ether oxygens (including phenoxy) is 1. The van der Waals surface area contributed by atoms with E-state index in [4.69, 9.17) is 10.5 Å². The van der Waals surface area contributed by atoms with Gasteiger partial charge in [-0.3, -0.25) is 0 Å². The minimum Gasteiger partial charge on any atom is -0.491 e. The van der Waals surface area contributed by atoms with Crippen molar-refractivity contribution in [3.63, 3.8) is 0 Å². The van der Waals surface area contributed by atoms with Crippen LogP contribution in [0.5, 0.6) is 5.75 Å². The van der Waals surface area contributed by atoms with Crippen molar-refractivity contribution in [1.82, 2.24) is 0 Å². The number of hydrogen-bond donors (Lipinski definition) is 1. The summed E-state index contributed by atoms with van der Waals surface area (Å²) in [6, 6.07) is 10.3. The van der Waals surface area contributed by atoms with Crippen LogP contribution in [0.15, 0.2) is 24.3 Å². The molecule has 0 aromatic heterocycles. The van der Waals surface area contributed by atoms with Crippen LogP contribution in [0.3, 0.4) is 0 Å². The third kappa shape index (κ3) is 2.39. The third-order valence-corrected chi connectivity index (χ3v) is 4.00. The fourth-order valence-electron chi connectivity index (χ4n) is 2.73. The standard InChI is InChI=1S/C15H19N3O/c16-10-15(17,12-6-7-12)11-18-8-3-9-19-14-5-2-1-4-13(14)18/h1-2,4-5,12H,3,6-9,11,17H2. The van der Waals surface area contributed by atoms with E-state index < -0.39 is 5.54 Å². The smallest absolute Gasteiger partial charge is 0.142 e. The first-order valence-corrected chi connectivity index (χ1v) is 6.90. The SMILES string of the molecule is N#CC(N)(CN1CCCOc2ccccc21)C1CC1. The first-order chi connectivity index (χ1) is 9.23. The van der Waals surface area contributed by atoms with Gasteiger partial charge in [0.05, 0.1) is 18.4 Å². The summed E-state index contributed by atoms with van der Waals surface area (Å²) in [5.41, 5.74) is 6.63. The van der Waals surface area contributed by atoms with Crippen LogP contribution in [-0.2, 0) is 0 Å². The maximum absolute atomic E-state index is 9.41. The van der Waals surface area contributed by atoms with Crippen LogP contribution in [0.2, 0.25) is 0 Å². The highest BCUT2D eigenvalue weighted by molar-refractivity contribution is 5.59. The largest absolute Gasteiger partial charge is 0.491 e. The van der Waals surface area contributed by atoms with Gasteiger partial charge in [0.1, 0.15) is 11.3 Å². The number of hydrogen-bond acceptors (Lipinski definition) is 4. The molecule has 1 atom stereocenters. The average Bonchev–Trinajstić information content (AvgIpc) is 3.26. The lowest BCUT2D eigenvalue weighted by molar-refractivity contribution is 0.322. The molecule has 1 aromatic rings. The number of rotatable bonds is 3. The summed E-state index contributed by atoms with van der Waals surface area (Å²) in [6.45, 7) is 2.21. The summed E-state index contributed by atoms with van der Waals surface area (Å²) in [6.07, 6.45) is 3.12. The molecule has 0 amide bonds. The highest BCUT2D eigenvalue weighted by Crippen LogP contribution is 2.40. The Morgan fingerprint density at radius 2 is 2.21 bits per heavy atom. The number of nitriles is 1. The number of fused-ring (bicyclic) bond motifs is 1. The molecule has 0 bridgehead atoms. The van der Waals surface area contributed by atoms with E-state index in [0.717, 1.165) is 43.9 Å². The number of anilines is 1. The summed E-state index contributed by atoms with van der Waals surface area (Å²) in [5, 5.41) is 9.41. The van der Waals surface area contributed by atoms with Gasteiger partial charge in [0.25, 0.3) is 0 Å². The van der Waals surface area contributed by atoms with E-state index in [0.29, 0.717) is 12.5 Å². The van der Waals surface area contributed by atoms with Crippen molar-refractivity contribution in [1.29, 1.82) is 5.26 Å². The summed E-state index contributed by atoms with van der Waals surface area (Å²) < 4.78 is 5.74. The Labute approximate surface area is 113 Å². The van der Waals surface area contributed by atoms with Crippen molar-refractivity contribution >= 4 is 5.69 Å². The minimum absolute atomic E-state index is 0.355. The number of benzene rings is 1. The zero-order valence-electron chi connectivity index (χ0n) is 11.0. The van der Waals surface area contributed by atoms with Gasteiger partial charge in [-0.05, 0) is 37.3 Å². The Balaban J connectivity index is 1.86. The Hall–Kier alpha value is -1.73. The van der Waals surface area contributed by atoms with Crippen molar-refractivity contribution in [2.75, 3.05) is 24.6 Å². The summed E-state index contributed by atoms with van der Waals surface area (Å²) in [4.78, 5) is 2.21. The van der Waals surface area contributed by atoms with Crippen molar-refractivity contribution in [2.45, 2.75) is 24.8 Å². The monoisotopic (exact) mass is 257 g/mol. The first-order valence-electron chi connectivity index (χ1n) is 6.90. The summed E-state index contributed by atoms with van der Waals surface area (Å²) in [5.74, 6) is 1.25. The molecule has 0 radical (unpaired) electrons. The maximum atomic E-state index is 9.41. The van der Waals surface area contributed by atoms with E-state index in [9.17, 15) is 5.26 Å².